The van der Waals surface area contributed by atoms with E-state index in [0.717, 1.165) is 17.6 Å². The van der Waals surface area contributed by atoms with Crippen molar-refractivity contribution in [3.8, 4) is 0 Å². The first-order valence-electron chi connectivity index (χ1n) is 10.8. The van der Waals surface area contributed by atoms with Crippen LogP contribution in [0.1, 0.15) is 62.3 Å². The Balaban J connectivity index is 1.80. The Labute approximate surface area is 201 Å². The summed E-state index contributed by atoms with van der Waals surface area (Å²) in [5, 5.41) is 1.49. The molecular weight excluding hydrogens is 464 g/mol. The molecule has 0 bridgehead atoms. The number of carbonyl (C=O) groups is 1. The molecule has 0 atom stereocenters. The molecule has 2 heterocycles. The molecule has 1 aliphatic rings. The van der Waals surface area contributed by atoms with Crippen LogP contribution >= 0.6 is 22.9 Å². The molecule has 0 aliphatic carbocycles. The van der Waals surface area contributed by atoms with Gasteiger partial charge in [0.2, 0.25) is 0 Å². The Morgan fingerprint density at radius 3 is 1.84 bits per heavy atom. The van der Waals surface area contributed by atoms with Gasteiger partial charge in [-0.25, -0.2) is 8.42 Å². The second-order valence-electron chi connectivity index (χ2n) is 10.6. The summed E-state index contributed by atoms with van der Waals surface area (Å²) in [4.78, 5) is 17.4. The summed E-state index contributed by atoms with van der Waals surface area (Å²) < 4.78 is 23.7. The van der Waals surface area contributed by atoms with Crippen molar-refractivity contribution in [2.45, 2.75) is 57.3 Å². The lowest BCUT2D eigenvalue weighted by Crippen LogP contribution is -2.48. The van der Waals surface area contributed by atoms with Crippen molar-refractivity contribution in [3.05, 3.63) is 44.6 Å². The Morgan fingerprint density at radius 2 is 1.44 bits per heavy atom. The normalized spacial score (nSPS) is 15.9. The third-order valence-corrected chi connectivity index (χ3v) is 8.73. The molecule has 1 fully saturated rings. The zero-order valence-corrected chi connectivity index (χ0v) is 22.3. The molecule has 0 saturated carbocycles. The van der Waals surface area contributed by atoms with Crippen molar-refractivity contribution in [1.82, 2.24) is 4.90 Å². The zero-order valence-electron chi connectivity index (χ0n) is 20.0. The van der Waals surface area contributed by atoms with Crippen molar-refractivity contribution in [2.75, 3.05) is 37.3 Å². The van der Waals surface area contributed by atoms with Gasteiger partial charge in [-0.3, -0.25) is 4.79 Å². The van der Waals surface area contributed by atoms with E-state index in [9.17, 15) is 13.2 Å². The topological polar surface area (TPSA) is 57.7 Å². The minimum Gasteiger partial charge on any atom is -0.368 e. The molecule has 1 aliphatic heterocycles. The number of rotatable bonds is 3. The summed E-state index contributed by atoms with van der Waals surface area (Å²) in [7, 11) is -3.45. The molecule has 1 saturated heterocycles. The average molecular weight is 497 g/mol. The van der Waals surface area contributed by atoms with E-state index < -0.39 is 9.84 Å². The predicted molar refractivity (Wildman–Crippen MR) is 134 cm³/mol. The lowest BCUT2D eigenvalue weighted by Gasteiger charge is -2.37. The Morgan fingerprint density at radius 1 is 0.938 bits per heavy atom. The van der Waals surface area contributed by atoms with Gasteiger partial charge in [-0.2, -0.15) is 0 Å². The second-order valence-corrected chi connectivity index (χ2v) is 13.8. The second kappa shape index (κ2) is 8.65. The van der Waals surface area contributed by atoms with Gasteiger partial charge in [-0.1, -0.05) is 59.2 Å². The Bertz CT molecular complexity index is 1080. The van der Waals surface area contributed by atoms with Gasteiger partial charge >= 0.3 is 0 Å². The number of hydrogen-bond acceptors (Lipinski definition) is 5. The minimum atomic E-state index is -3.45. The summed E-state index contributed by atoms with van der Waals surface area (Å²) in [5.74, 6) is -0.201. The van der Waals surface area contributed by atoms with Crippen molar-refractivity contribution in [3.63, 3.8) is 0 Å². The van der Waals surface area contributed by atoms with Gasteiger partial charge in [0.15, 0.2) is 9.84 Å². The highest BCUT2D eigenvalue weighted by molar-refractivity contribution is 7.91. The molecule has 5 nitrogen and oxygen atoms in total. The van der Waals surface area contributed by atoms with Gasteiger partial charge in [-0.15, -0.1) is 11.3 Å². The van der Waals surface area contributed by atoms with E-state index >= 15 is 0 Å². The third kappa shape index (κ3) is 5.32. The van der Waals surface area contributed by atoms with Gasteiger partial charge < -0.3 is 9.80 Å². The third-order valence-electron chi connectivity index (χ3n) is 5.88. The number of anilines is 1. The number of sulfone groups is 1. The first-order valence-corrected chi connectivity index (χ1v) is 13.9. The standard InChI is InChI=1S/C24H33ClN2O3S2/c1-23(2,3)16-12-17(24(4,5)6)14-18(13-16)26-8-10-27(11-9-26)22(28)21-20(25)19(15-31-21)32(7,29)30/h12-15H,8-11H2,1-7H3. The highest BCUT2D eigenvalue weighted by Gasteiger charge is 2.29. The van der Waals surface area contributed by atoms with E-state index in [4.69, 9.17) is 11.6 Å². The molecule has 8 heteroatoms. The number of piperazine rings is 1. The molecule has 0 radical (unpaired) electrons. The predicted octanol–water partition coefficient (Wildman–Crippen LogP) is 5.36. The number of hydrogen-bond donors (Lipinski definition) is 0. The maximum atomic E-state index is 13.0. The Hall–Kier alpha value is -1.57. The van der Waals surface area contributed by atoms with Crippen LogP contribution in [0.15, 0.2) is 28.5 Å². The lowest BCUT2D eigenvalue weighted by atomic mass is 9.80. The van der Waals surface area contributed by atoms with Crippen LogP contribution in [0.3, 0.4) is 0 Å². The molecule has 0 unspecified atom stereocenters. The van der Waals surface area contributed by atoms with E-state index in [1.54, 1.807) is 4.90 Å². The lowest BCUT2D eigenvalue weighted by molar-refractivity contribution is 0.0751. The van der Waals surface area contributed by atoms with E-state index in [2.05, 4.69) is 64.6 Å². The van der Waals surface area contributed by atoms with Crippen molar-refractivity contribution >= 4 is 44.4 Å². The minimum absolute atomic E-state index is 0.0276. The quantitative estimate of drug-likeness (QED) is 0.573. The number of nitrogens with zero attached hydrogens (tertiary/aromatic N) is 2. The number of amides is 1. The Kier molecular flexibility index (Phi) is 6.78. The van der Waals surface area contributed by atoms with Crippen molar-refractivity contribution in [1.29, 1.82) is 0 Å². The number of carbonyl (C=O) groups excluding carboxylic acids is 1. The van der Waals surface area contributed by atoms with Crippen LogP contribution in [0.25, 0.3) is 0 Å². The maximum absolute atomic E-state index is 13.0. The largest absolute Gasteiger partial charge is 0.368 e. The van der Waals surface area contributed by atoms with Crippen LogP contribution < -0.4 is 4.90 Å². The number of benzene rings is 1. The maximum Gasteiger partial charge on any atom is 0.265 e. The van der Waals surface area contributed by atoms with E-state index in [-0.39, 0.29) is 26.7 Å². The average Bonchev–Trinajstić information content (AvgIpc) is 3.07. The molecule has 176 valence electrons. The van der Waals surface area contributed by atoms with Crippen molar-refractivity contribution < 1.29 is 13.2 Å². The molecular formula is C24H33ClN2O3S2. The molecule has 0 spiro atoms. The van der Waals surface area contributed by atoms with Crippen LogP contribution in [-0.2, 0) is 20.7 Å². The molecule has 32 heavy (non-hydrogen) atoms. The van der Waals surface area contributed by atoms with Crippen LogP contribution in [0.2, 0.25) is 5.02 Å². The molecule has 3 rings (SSSR count). The van der Waals surface area contributed by atoms with E-state index in [1.165, 1.54) is 22.2 Å². The molecule has 1 amide bonds. The highest BCUT2D eigenvalue weighted by Crippen LogP contribution is 2.35. The molecule has 1 aromatic heterocycles. The monoisotopic (exact) mass is 496 g/mol. The first-order chi connectivity index (χ1) is 14.6. The number of thiophene rings is 1. The van der Waals surface area contributed by atoms with Crippen molar-refractivity contribution in [2.24, 2.45) is 0 Å². The number of halogens is 1. The summed E-state index contributed by atoms with van der Waals surface area (Å²) in [5.41, 5.74) is 3.87. The van der Waals surface area contributed by atoms with Gasteiger partial charge in [-0.05, 0) is 34.1 Å². The molecule has 0 N–H and O–H groups in total. The highest BCUT2D eigenvalue weighted by atomic mass is 35.5. The van der Waals surface area contributed by atoms with E-state index in [0.29, 0.717) is 31.1 Å². The van der Waals surface area contributed by atoms with Crippen LogP contribution in [0.4, 0.5) is 5.69 Å². The van der Waals surface area contributed by atoms with Gasteiger partial charge in [0.05, 0.1) is 9.92 Å². The summed E-state index contributed by atoms with van der Waals surface area (Å²) in [6.45, 7) is 15.9. The fraction of sp³-hybridized carbons (Fsp3) is 0.542. The molecule has 2 aromatic rings. The van der Waals surface area contributed by atoms with Crippen LogP contribution in [0.5, 0.6) is 0 Å². The fourth-order valence-electron chi connectivity index (χ4n) is 3.69. The van der Waals surface area contributed by atoms with Gasteiger partial charge in [0.1, 0.15) is 4.88 Å². The van der Waals surface area contributed by atoms with Gasteiger partial charge in [0.25, 0.3) is 5.91 Å². The van der Waals surface area contributed by atoms with Gasteiger partial charge in [0, 0.05) is 43.5 Å². The zero-order chi connectivity index (χ0) is 24.1. The fourth-order valence-corrected chi connectivity index (χ4v) is 6.57. The summed E-state index contributed by atoms with van der Waals surface area (Å²) >= 11 is 7.34. The summed E-state index contributed by atoms with van der Waals surface area (Å²) in [6, 6.07) is 6.84. The van der Waals surface area contributed by atoms with E-state index in [1.807, 2.05) is 0 Å². The SMILES string of the molecule is CC(C)(C)c1cc(N2CCN(C(=O)c3scc(S(C)(=O)=O)c3Cl)CC2)cc(C(C)(C)C)c1. The first kappa shape index (κ1) is 25.1. The molecule has 1 aromatic carbocycles. The van der Waals surface area contributed by atoms with Crippen LogP contribution in [-0.4, -0.2) is 51.7 Å². The summed E-state index contributed by atoms with van der Waals surface area (Å²) in [6.07, 6.45) is 1.10. The van der Waals surface area contributed by atoms with Crippen LogP contribution in [0, 0.1) is 0 Å². The smallest absolute Gasteiger partial charge is 0.265 e.